The van der Waals surface area contributed by atoms with Crippen LogP contribution in [0.3, 0.4) is 0 Å². The van der Waals surface area contributed by atoms with Gasteiger partial charge in [-0.2, -0.15) is 0 Å². The molecule has 68 heavy (non-hydrogen) atoms. The molecule has 0 radical (unpaired) electrons. The van der Waals surface area contributed by atoms with Crippen LogP contribution in [0.25, 0.3) is 16.7 Å². The lowest BCUT2D eigenvalue weighted by Gasteiger charge is -2.10. The summed E-state index contributed by atoms with van der Waals surface area (Å²) in [6.07, 6.45) is 22.3. The number of hydrogen-bond acceptors (Lipinski definition) is 11. The highest BCUT2D eigenvalue weighted by molar-refractivity contribution is 5.91. The molecule has 0 saturated carbocycles. The number of rotatable bonds is 27. The van der Waals surface area contributed by atoms with Crippen LogP contribution in [-0.2, 0) is 25.9 Å². The highest BCUT2D eigenvalue weighted by Crippen LogP contribution is 2.29. The quantitative estimate of drug-likeness (QED) is 0.01000. The molecule has 1 aliphatic carbocycles. The van der Waals surface area contributed by atoms with Crippen LogP contribution in [0, 0.1) is 5.92 Å². The molecule has 0 spiro atoms. The second-order valence-electron chi connectivity index (χ2n) is 14.8. The average Bonchev–Trinajstić information content (AvgIpc) is 3.88. The molecule has 0 aromatic heterocycles. The molecule has 0 saturated heterocycles. The van der Waals surface area contributed by atoms with E-state index < -0.39 is 5.97 Å². The Balaban J connectivity index is 0.00000180. The molecular formula is C57H84O11. The first-order valence-electron chi connectivity index (χ1n) is 24.3. The Morgan fingerprint density at radius 3 is 1.74 bits per heavy atom. The maximum atomic E-state index is 12.7. The van der Waals surface area contributed by atoms with E-state index in [1.807, 2.05) is 70.2 Å². The SMILES string of the molecule is C=CCCCCOC.CC.CC.CCCCCOO.CO.COc1ccc(-c2ccc(C(=O)Oc3ccc(OCOCc4ccc(C5=CC(CCCCCCCOO)C=C5)cc4)cc3)cc2)cc1. The minimum absolute atomic E-state index is 0.103. The van der Waals surface area contributed by atoms with Crippen molar-refractivity contribution in [3.05, 3.63) is 145 Å². The minimum atomic E-state index is -0.428. The van der Waals surface area contributed by atoms with Gasteiger partial charge in [0.25, 0.3) is 0 Å². The van der Waals surface area contributed by atoms with Crippen molar-refractivity contribution in [1.82, 2.24) is 0 Å². The summed E-state index contributed by atoms with van der Waals surface area (Å²) >= 11 is 0. The van der Waals surface area contributed by atoms with E-state index in [1.165, 1.54) is 43.2 Å². The van der Waals surface area contributed by atoms with E-state index >= 15 is 0 Å². The van der Waals surface area contributed by atoms with Crippen LogP contribution in [0.4, 0.5) is 0 Å². The fourth-order valence-corrected chi connectivity index (χ4v) is 6.38. The Bertz CT molecular complexity index is 1820. The number of benzene rings is 4. The Morgan fingerprint density at radius 2 is 1.16 bits per heavy atom. The van der Waals surface area contributed by atoms with Gasteiger partial charge in [-0.25, -0.2) is 14.6 Å². The third-order valence-electron chi connectivity index (χ3n) is 9.98. The third-order valence-corrected chi connectivity index (χ3v) is 9.98. The second kappa shape index (κ2) is 44.4. The highest BCUT2D eigenvalue weighted by atomic mass is 17.1. The second-order valence-corrected chi connectivity index (χ2v) is 14.8. The van der Waals surface area contributed by atoms with Crippen molar-refractivity contribution in [2.45, 2.75) is 118 Å². The largest absolute Gasteiger partial charge is 0.497 e. The summed E-state index contributed by atoms with van der Waals surface area (Å²) in [7, 11) is 4.37. The van der Waals surface area contributed by atoms with Gasteiger partial charge < -0.3 is 28.8 Å². The molecule has 0 aliphatic heterocycles. The number of unbranched alkanes of at least 4 members (excludes halogenated alkanes) is 8. The molecule has 1 aliphatic rings. The van der Waals surface area contributed by atoms with E-state index in [9.17, 15) is 4.79 Å². The molecule has 1 atom stereocenters. The molecule has 11 nitrogen and oxygen atoms in total. The Morgan fingerprint density at radius 1 is 0.632 bits per heavy atom. The molecule has 0 heterocycles. The molecule has 5 rings (SSSR count). The fraction of sp³-hybridized carbons (Fsp3) is 0.456. The van der Waals surface area contributed by atoms with Crippen LogP contribution in [0.5, 0.6) is 17.2 Å². The maximum Gasteiger partial charge on any atom is 0.343 e. The number of aliphatic hydroxyl groups is 1. The highest BCUT2D eigenvalue weighted by Gasteiger charge is 2.12. The topological polar surface area (TPSA) is 142 Å². The minimum Gasteiger partial charge on any atom is -0.497 e. The van der Waals surface area contributed by atoms with Crippen LogP contribution in [0.1, 0.15) is 133 Å². The summed E-state index contributed by atoms with van der Waals surface area (Å²) < 4.78 is 27.1. The lowest BCUT2D eigenvalue weighted by atomic mass is 10.0. The van der Waals surface area contributed by atoms with Gasteiger partial charge in [0.2, 0.25) is 0 Å². The van der Waals surface area contributed by atoms with Crippen LogP contribution < -0.4 is 14.2 Å². The predicted molar refractivity (Wildman–Crippen MR) is 278 cm³/mol. The smallest absolute Gasteiger partial charge is 0.343 e. The Hall–Kier alpha value is -5.11. The molecule has 11 heteroatoms. The Labute approximate surface area is 409 Å². The number of hydrogen-bond donors (Lipinski definition) is 3. The summed E-state index contributed by atoms with van der Waals surface area (Å²) in [6.45, 7) is 16.1. The molecular weight excluding hydrogens is 861 g/mol. The zero-order valence-corrected chi connectivity index (χ0v) is 42.5. The van der Waals surface area contributed by atoms with Crippen molar-refractivity contribution in [2.24, 2.45) is 5.92 Å². The number of allylic oxidation sites excluding steroid dienone is 5. The summed E-state index contributed by atoms with van der Waals surface area (Å²) in [4.78, 5) is 20.6. The summed E-state index contributed by atoms with van der Waals surface area (Å²) in [5, 5.41) is 23.2. The van der Waals surface area contributed by atoms with Crippen molar-refractivity contribution in [3.8, 4) is 28.4 Å². The van der Waals surface area contributed by atoms with Gasteiger partial charge in [0.15, 0.2) is 6.79 Å². The lowest BCUT2D eigenvalue weighted by molar-refractivity contribution is -0.242. The van der Waals surface area contributed by atoms with E-state index in [0.29, 0.717) is 42.8 Å². The van der Waals surface area contributed by atoms with Gasteiger partial charge in [-0.15, -0.1) is 6.58 Å². The van der Waals surface area contributed by atoms with E-state index in [-0.39, 0.29) is 6.79 Å². The van der Waals surface area contributed by atoms with Crippen molar-refractivity contribution in [1.29, 1.82) is 0 Å². The molecule has 0 fully saturated rings. The monoisotopic (exact) mass is 945 g/mol. The number of carbonyl (C=O) groups is 1. The van der Waals surface area contributed by atoms with Crippen molar-refractivity contribution in [2.75, 3.05) is 47.9 Å². The molecule has 378 valence electrons. The van der Waals surface area contributed by atoms with Crippen molar-refractivity contribution >= 4 is 11.5 Å². The first kappa shape index (κ1) is 62.9. The number of ether oxygens (including phenoxy) is 5. The Kier molecular flexibility index (Phi) is 41.1. The normalized spacial score (nSPS) is 11.8. The zero-order chi connectivity index (χ0) is 50.5. The number of carbonyl (C=O) groups excluding carboxylic acids is 1. The average molecular weight is 945 g/mol. The summed E-state index contributed by atoms with van der Waals surface area (Å²) in [6, 6.07) is 30.4. The number of methoxy groups -OCH3 is 2. The first-order chi connectivity index (χ1) is 33.4. The zero-order valence-electron chi connectivity index (χ0n) is 42.5. The van der Waals surface area contributed by atoms with Gasteiger partial charge in [-0.05, 0) is 121 Å². The van der Waals surface area contributed by atoms with Gasteiger partial charge in [-0.1, -0.05) is 146 Å². The standard InChI is InChI=1S/C40H42O7.C7H14O.C5H12O2.2C2H6.CH4O/c1-43-37-20-18-33(19-21-37)32-14-16-35(17-15-32)40(41)47-39-24-22-38(23-25-39)45-29-44-28-31-9-11-34(12-10-31)36-13-8-30(27-36)7-5-3-2-4-6-26-46-42;1-3-4-5-6-7-8-2;1-2-3-4-5-7-6;3*1-2/h8-25,27,30,42H,2-7,26,28-29H2,1H3;3H,1,4-7H2,2H3;6H,2-5H2,1H3;2*1-2H3;2H,1H3. The van der Waals surface area contributed by atoms with E-state index in [4.69, 9.17) is 39.3 Å². The van der Waals surface area contributed by atoms with Gasteiger partial charge >= 0.3 is 5.97 Å². The van der Waals surface area contributed by atoms with Gasteiger partial charge in [0, 0.05) is 20.8 Å². The summed E-state index contributed by atoms with van der Waals surface area (Å²) in [5.41, 5.74) is 6.05. The lowest BCUT2D eigenvalue weighted by Crippen LogP contribution is -2.08. The number of aliphatic hydroxyl groups excluding tert-OH is 1. The van der Waals surface area contributed by atoms with Crippen molar-refractivity contribution < 1.29 is 53.9 Å². The molecule has 4 aromatic rings. The fourth-order valence-electron chi connectivity index (χ4n) is 6.38. The molecule has 0 bridgehead atoms. The van der Waals surface area contributed by atoms with Crippen LogP contribution in [0.2, 0.25) is 0 Å². The van der Waals surface area contributed by atoms with Gasteiger partial charge in [-0.3, -0.25) is 10.5 Å². The van der Waals surface area contributed by atoms with Crippen LogP contribution in [-0.4, -0.2) is 69.5 Å². The first-order valence-corrected chi connectivity index (χ1v) is 24.3. The van der Waals surface area contributed by atoms with E-state index in [1.54, 1.807) is 50.6 Å². The molecule has 0 amide bonds. The third kappa shape index (κ3) is 28.9. The predicted octanol–water partition coefficient (Wildman–Crippen LogP) is 14.9. The van der Waals surface area contributed by atoms with Crippen LogP contribution >= 0.6 is 0 Å². The summed E-state index contributed by atoms with van der Waals surface area (Å²) in [5.74, 6) is 1.92. The molecule has 1 unspecified atom stereocenters. The van der Waals surface area contributed by atoms with E-state index in [0.717, 1.165) is 81.1 Å². The van der Waals surface area contributed by atoms with Crippen LogP contribution in [0.15, 0.2) is 128 Å². The van der Waals surface area contributed by atoms with E-state index in [2.05, 4.69) is 65.8 Å². The number of esters is 1. The van der Waals surface area contributed by atoms with Gasteiger partial charge in [0.1, 0.15) is 17.2 Å². The molecule has 3 N–H and O–H groups in total. The van der Waals surface area contributed by atoms with Crippen molar-refractivity contribution in [3.63, 3.8) is 0 Å². The molecule has 4 aromatic carbocycles. The van der Waals surface area contributed by atoms with Gasteiger partial charge in [0.05, 0.1) is 32.5 Å². The maximum absolute atomic E-state index is 12.7.